The largest absolute Gasteiger partial charge is 0.354 e. The van der Waals surface area contributed by atoms with Crippen LogP contribution in [-0.4, -0.2) is 36.0 Å². The highest BCUT2D eigenvalue weighted by atomic mass is 16.1. The maximum atomic E-state index is 11.2. The van der Waals surface area contributed by atoms with Gasteiger partial charge in [-0.3, -0.25) is 9.69 Å². The van der Waals surface area contributed by atoms with Crippen LogP contribution >= 0.6 is 0 Å². The Morgan fingerprint density at radius 3 is 2.40 bits per heavy atom. The molecule has 0 radical (unpaired) electrons. The fraction of sp³-hybridized carbons (Fsp3) is 0.917. The molecule has 1 heterocycles. The molecule has 3 nitrogen and oxygen atoms in total. The van der Waals surface area contributed by atoms with E-state index in [9.17, 15) is 4.79 Å². The number of carbonyl (C=O) groups excluding carboxylic acids is 1. The van der Waals surface area contributed by atoms with Crippen LogP contribution in [-0.2, 0) is 4.79 Å². The fourth-order valence-corrected chi connectivity index (χ4v) is 2.05. The van der Waals surface area contributed by atoms with E-state index in [1.807, 2.05) is 6.92 Å². The van der Waals surface area contributed by atoms with Crippen LogP contribution < -0.4 is 5.32 Å². The average molecular weight is 212 g/mol. The van der Waals surface area contributed by atoms with E-state index in [-0.39, 0.29) is 11.4 Å². The molecule has 1 fully saturated rings. The zero-order valence-corrected chi connectivity index (χ0v) is 10.3. The Bertz CT molecular complexity index is 208. The van der Waals surface area contributed by atoms with E-state index < -0.39 is 0 Å². The van der Waals surface area contributed by atoms with Crippen molar-refractivity contribution in [3.8, 4) is 0 Å². The van der Waals surface area contributed by atoms with Gasteiger partial charge in [0.25, 0.3) is 0 Å². The highest BCUT2D eigenvalue weighted by Crippen LogP contribution is 2.19. The van der Waals surface area contributed by atoms with Crippen LogP contribution in [0.3, 0.4) is 0 Å². The molecule has 1 aliphatic rings. The number of nitrogens with one attached hydrogen (secondary N) is 1. The van der Waals surface area contributed by atoms with Gasteiger partial charge in [-0.2, -0.15) is 0 Å². The lowest BCUT2D eigenvalue weighted by Gasteiger charge is -2.41. The Kier molecular flexibility index (Phi) is 4.58. The summed E-state index contributed by atoms with van der Waals surface area (Å²) in [5.41, 5.74) is 0.102. The lowest BCUT2D eigenvalue weighted by molar-refractivity contribution is -0.121. The third kappa shape index (κ3) is 3.82. The molecule has 1 amide bonds. The summed E-state index contributed by atoms with van der Waals surface area (Å²) >= 11 is 0. The van der Waals surface area contributed by atoms with Gasteiger partial charge in [-0.15, -0.1) is 0 Å². The Morgan fingerprint density at radius 1 is 1.27 bits per heavy atom. The van der Waals surface area contributed by atoms with Gasteiger partial charge in [0.2, 0.25) is 5.91 Å². The third-order valence-corrected chi connectivity index (χ3v) is 3.25. The fourth-order valence-electron chi connectivity index (χ4n) is 2.05. The van der Waals surface area contributed by atoms with E-state index in [4.69, 9.17) is 0 Å². The Morgan fingerprint density at radius 2 is 1.87 bits per heavy atom. The standard InChI is InChI=1S/C12H24N2O/c1-4-11(15)13-10-12(2,3)14-8-6-5-7-9-14/h4-10H2,1-3H3,(H,13,15). The van der Waals surface area contributed by atoms with Crippen LogP contribution in [0.4, 0.5) is 0 Å². The first-order chi connectivity index (χ1) is 7.06. The van der Waals surface area contributed by atoms with E-state index in [1.54, 1.807) is 0 Å². The lowest BCUT2D eigenvalue weighted by Crippen LogP contribution is -2.53. The molecule has 0 aromatic heterocycles. The second-order valence-electron chi connectivity index (χ2n) is 4.99. The molecule has 0 saturated carbocycles. The van der Waals surface area contributed by atoms with Crippen LogP contribution in [0.1, 0.15) is 46.5 Å². The van der Waals surface area contributed by atoms with Gasteiger partial charge in [-0.05, 0) is 39.8 Å². The Labute approximate surface area is 93.2 Å². The third-order valence-electron chi connectivity index (χ3n) is 3.25. The summed E-state index contributed by atoms with van der Waals surface area (Å²) in [7, 11) is 0. The van der Waals surface area contributed by atoms with Crippen LogP contribution in [0, 0.1) is 0 Å². The summed E-state index contributed by atoms with van der Waals surface area (Å²) in [6, 6.07) is 0. The number of carbonyl (C=O) groups is 1. The van der Waals surface area contributed by atoms with Gasteiger partial charge < -0.3 is 5.32 Å². The van der Waals surface area contributed by atoms with Gasteiger partial charge in [0.15, 0.2) is 0 Å². The molecule has 88 valence electrons. The molecular formula is C12H24N2O. The van der Waals surface area contributed by atoms with Crippen molar-refractivity contribution in [2.75, 3.05) is 19.6 Å². The summed E-state index contributed by atoms with van der Waals surface area (Å²) in [4.78, 5) is 13.7. The molecule has 0 aliphatic carbocycles. The number of nitrogens with zero attached hydrogens (tertiary/aromatic N) is 1. The zero-order valence-electron chi connectivity index (χ0n) is 10.3. The number of piperidine rings is 1. The SMILES string of the molecule is CCC(=O)NCC(C)(C)N1CCCCC1. The second-order valence-corrected chi connectivity index (χ2v) is 4.99. The van der Waals surface area contributed by atoms with Gasteiger partial charge in [0, 0.05) is 18.5 Å². The maximum Gasteiger partial charge on any atom is 0.219 e. The first-order valence-electron chi connectivity index (χ1n) is 6.08. The van der Waals surface area contributed by atoms with Crippen LogP contribution in [0.15, 0.2) is 0 Å². The minimum absolute atomic E-state index is 0.102. The minimum Gasteiger partial charge on any atom is -0.354 e. The van der Waals surface area contributed by atoms with Crippen molar-refractivity contribution in [3.05, 3.63) is 0 Å². The number of likely N-dealkylation sites (tertiary alicyclic amines) is 1. The van der Waals surface area contributed by atoms with Gasteiger partial charge in [0.05, 0.1) is 0 Å². The van der Waals surface area contributed by atoms with Crippen LogP contribution in [0.25, 0.3) is 0 Å². The average Bonchev–Trinajstić information content (AvgIpc) is 2.27. The van der Waals surface area contributed by atoms with Gasteiger partial charge in [-0.1, -0.05) is 13.3 Å². The van der Waals surface area contributed by atoms with E-state index in [1.165, 1.54) is 32.4 Å². The minimum atomic E-state index is 0.102. The number of amides is 1. The molecule has 1 rings (SSSR count). The van der Waals surface area contributed by atoms with Crippen LogP contribution in [0.5, 0.6) is 0 Å². The highest BCUT2D eigenvalue weighted by Gasteiger charge is 2.27. The van der Waals surface area contributed by atoms with Crippen molar-refractivity contribution in [2.24, 2.45) is 0 Å². The molecular weight excluding hydrogens is 188 g/mol. The summed E-state index contributed by atoms with van der Waals surface area (Å²) < 4.78 is 0. The second kappa shape index (κ2) is 5.50. The normalized spacial score (nSPS) is 18.9. The summed E-state index contributed by atoms with van der Waals surface area (Å²) in [6.45, 7) is 9.44. The van der Waals surface area contributed by atoms with Crippen molar-refractivity contribution in [3.63, 3.8) is 0 Å². The molecule has 3 heteroatoms. The van der Waals surface area contributed by atoms with Gasteiger partial charge >= 0.3 is 0 Å². The molecule has 0 bridgehead atoms. The quantitative estimate of drug-likeness (QED) is 0.770. The molecule has 0 atom stereocenters. The molecule has 0 unspecified atom stereocenters. The smallest absolute Gasteiger partial charge is 0.219 e. The predicted octanol–water partition coefficient (Wildman–Crippen LogP) is 1.78. The maximum absolute atomic E-state index is 11.2. The van der Waals surface area contributed by atoms with E-state index in [2.05, 4.69) is 24.1 Å². The van der Waals surface area contributed by atoms with Gasteiger partial charge in [0.1, 0.15) is 0 Å². The summed E-state index contributed by atoms with van der Waals surface area (Å²) in [6.07, 6.45) is 4.53. The van der Waals surface area contributed by atoms with Crippen molar-refractivity contribution in [1.29, 1.82) is 0 Å². The van der Waals surface area contributed by atoms with Gasteiger partial charge in [-0.25, -0.2) is 0 Å². The number of hydrogen-bond acceptors (Lipinski definition) is 2. The van der Waals surface area contributed by atoms with E-state index in [0.29, 0.717) is 6.42 Å². The highest BCUT2D eigenvalue weighted by molar-refractivity contribution is 5.75. The zero-order chi connectivity index (χ0) is 11.3. The molecule has 15 heavy (non-hydrogen) atoms. The van der Waals surface area contributed by atoms with Crippen molar-refractivity contribution >= 4 is 5.91 Å². The molecule has 0 spiro atoms. The van der Waals surface area contributed by atoms with E-state index in [0.717, 1.165) is 6.54 Å². The van der Waals surface area contributed by atoms with E-state index >= 15 is 0 Å². The summed E-state index contributed by atoms with van der Waals surface area (Å²) in [5.74, 6) is 0.153. The molecule has 1 aliphatic heterocycles. The Balaban J connectivity index is 2.38. The van der Waals surface area contributed by atoms with Crippen LogP contribution in [0.2, 0.25) is 0 Å². The van der Waals surface area contributed by atoms with Crippen molar-refractivity contribution in [1.82, 2.24) is 10.2 Å². The summed E-state index contributed by atoms with van der Waals surface area (Å²) in [5, 5.41) is 2.99. The molecule has 1 saturated heterocycles. The predicted molar refractivity (Wildman–Crippen MR) is 62.8 cm³/mol. The van der Waals surface area contributed by atoms with Crippen molar-refractivity contribution < 1.29 is 4.79 Å². The lowest BCUT2D eigenvalue weighted by atomic mass is 9.98. The van der Waals surface area contributed by atoms with Crippen molar-refractivity contribution in [2.45, 2.75) is 52.0 Å². The molecule has 0 aromatic carbocycles. The first kappa shape index (κ1) is 12.5. The Hall–Kier alpha value is -0.570. The monoisotopic (exact) mass is 212 g/mol. The molecule has 0 aromatic rings. The first-order valence-corrected chi connectivity index (χ1v) is 6.08. The number of hydrogen-bond donors (Lipinski definition) is 1. The topological polar surface area (TPSA) is 32.3 Å². The number of rotatable bonds is 4. The molecule has 1 N–H and O–H groups in total.